The zero-order chi connectivity index (χ0) is 17.5. The maximum absolute atomic E-state index is 13.1. The molecular formula is C19H13N5OS. The van der Waals surface area contributed by atoms with Gasteiger partial charge in [0.1, 0.15) is 16.9 Å². The van der Waals surface area contributed by atoms with E-state index < -0.39 is 0 Å². The van der Waals surface area contributed by atoms with Gasteiger partial charge in [-0.05, 0) is 30.3 Å². The molecule has 1 atom stereocenters. The molecule has 1 unspecified atom stereocenters. The number of hydrogen-bond acceptors (Lipinski definition) is 7. The fourth-order valence-electron chi connectivity index (χ4n) is 3.27. The molecule has 7 heteroatoms. The largest absolute Gasteiger partial charge is 0.369 e. The van der Waals surface area contributed by atoms with Crippen LogP contribution in [-0.4, -0.2) is 31.0 Å². The van der Waals surface area contributed by atoms with Crippen LogP contribution in [0.4, 0.5) is 5.82 Å². The summed E-state index contributed by atoms with van der Waals surface area (Å²) in [5.41, 5.74) is 5.09. The van der Waals surface area contributed by atoms with Crippen LogP contribution >= 0.6 is 11.7 Å². The van der Waals surface area contributed by atoms with Crippen LogP contribution in [0, 0.1) is 0 Å². The normalized spacial score (nSPS) is 15.6. The lowest BCUT2D eigenvalue weighted by atomic mass is 9.92. The first-order valence-corrected chi connectivity index (χ1v) is 8.93. The smallest absolute Gasteiger partial charge is 0.172 e. The highest BCUT2D eigenvalue weighted by molar-refractivity contribution is 7.00. The van der Waals surface area contributed by atoms with Crippen molar-refractivity contribution in [2.24, 2.45) is 0 Å². The predicted molar refractivity (Wildman–Crippen MR) is 100 cm³/mol. The molecule has 0 bridgehead atoms. The Balaban J connectivity index is 1.53. The monoisotopic (exact) mass is 359 g/mol. The maximum atomic E-state index is 13.1. The van der Waals surface area contributed by atoms with Crippen molar-refractivity contribution < 1.29 is 4.79 Å². The van der Waals surface area contributed by atoms with Crippen molar-refractivity contribution in [3.8, 4) is 11.1 Å². The van der Waals surface area contributed by atoms with E-state index in [-0.39, 0.29) is 11.7 Å². The van der Waals surface area contributed by atoms with Gasteiger partial charge in [0.25, 0.3) is 0 Å². The molecule has 0 spiro atoms. The SMILES string of the molecule is O=C(c1ccc2nsnc2c1)C1CNc2ncc(-c3cccnc3)cc21. The number of nitrogens with zero attached hydrogens (tertiary/aromatic N) is 4. The first kappa shape index (κ1) is 15.1. The number of Topliss-reactive ketones (excluding diaryl/α,β-unsaturated/α-hetero) is 1. The summed E-state index contributed by atoms with van der Waals surface area (Å²) in [5.74, 6) is 0.571. The van der Waals surface area contributed by atoms with E-state index in [1.807, 2.05) is 42.6 Å². The van der Waals surface area contributed by atoms with Gasteiger partial charge in [-0.3, -0.25) is 9.78 Å². The average molecular weight is 359 g/mol. The van der Waals surface area contributed by atoms with Gasteiger partial charge in [-0.25, -0.2) is 4.98 Å². The summed E-state index contributed by atoms with van der Waals surface area (Å²) in [5, 5.41) is 3.24. The van der Waals surface area contributed by atoms with E-state index >= 15 is 0 Å². The van der Waals surface area contributed by atoms with E-state index in [1.54, 1.807) is 12.4 Å². The molecule has 1 aromatic carbocycles. The van der Waals surface area contributed by atoms with E-state index in [9.17, 15) is 4.79 Å². The standard InChI is InChI=1S/C19H13N5OS/c25-18(11-3-4-16-17(7-11)24-26-23-16)15-10-22-19-14(15)6-13(9-21-19)12-2-1-5-20-8-12/h1-9,15H,10H2,(H,21,22). The Morgan fingerprint density at radius 1 is 1.08 bits per heavy atom. The number of fused-ring (bicyclic) bond motifs is 2. The molecule has 26 heavy (non-hydrogen) atoms. The summed E-state index contributed by atoms with van der Waals surface area (Å²) >= 11 is 1.15. The van der Waals surface area contributed by atoms with E-state index in [2.05, 4.69) is 24.0 Å². The van der Waals surface area contributed by atoms with Gasteiger partial charge >= 0.3 is 0 Å². The van der Waals surface area contributed by atoms with Gasteiger partial charge in [-0.2, -0.15) is 8.75 Å². The third-order valence-electron chi connectivity index (χ3n) is 4.62. The third-order valence-corrected chi connectivity index (χ3v) is 5.17. The van der Waals surface area contributed by atoms with E-state index in [4.69, 9.17) is 0 Å². The van der Waals surface area contributed by atoms with Crippen molar-refractivity contribution in [1.82, 2.24) is 18.7 Å². The summed E-state index contributed by atoms with van der Waals surface area (Å²) in [6, 6.07) is 11.4. The number of pyridine rings is 2. The van der Waals surface area contributed by atoms with Crippen LogP contribution in [0.3, 0.4) is 0 Å². The summed E-state index contributed by atoms with van der Waals surface area (Å²) in [6.07, 6.45) is 5.34. The lowest BCUT2D eigenvalue weighted by Gasteiger charge is -2.10. The Bertz CT molecular complexity index is 1130. The molecule has 6 nitrogen and oxygen atoms in total. The zero-order valence-electron chi connectivity index (χ0n) is 13.6. The fourth-order valence-corrected chi connectivity index (χ4v) is 3.78. The van der Waals surface area contributed by atoms with Gasteiger partial charge in [0.05, 0.1) is 17.6 Å². The van der Waals surface area contributed by atoms with Crippen molar-refractivity contribution in [2.75, 3.05) is 11.9 Å². The van der Waals surface area contributed by atoms with Crippen molar-refractivity contribution in [2.45, 2.75) is 5.92 Å². The summed E-state index contributed by atoms with van der Waals surface area (Å²) in [4.78, 5) is 21.7. The summed E-state index contributed by atoms with van der Waals surface area (Å²) < 4.78 is 8.42. The molecule has 3 aromatic heterocycles. The number of ketones is 1. The van der Waals surface area contributed by atoms with E-state index in [1.165, 1.54) is 0 Å². The van der Waals surface area contributed by atoms with Crippen LogP contribution in [0.5, 0.6) is 0 Å². The molecule has 1 aliphatic rings. The lowest BCUT2D eigenvalue weighted by Crippen LogP contribution is -2.14. The molecule has 126 valence electrons. The molecule has 4 aromatic rings. The van der Waals surface area contributed by atoms with Crippen LogP contribution in [0.15, 0.2) is 55.0 Å². The summed E-state index contributed by atoms with van der Waals surface area (Å²) in [7, 11) is 0. The third kappa shape index (κ3) is 2.44. The van der Waals surface area contributed by atoms with Gasteiger partial charge in [0.15, 0.2) is 5.78 Å². The number of nitrogens with one attached hydrogen (secondary N) is 1. The molecule has 5 rings (SSSR count). The van der Waals surface area contributed by atoms with Gasteiger partial charge < -0.3 is 5.32 Å². The van der Waals surface area contributed by atoms with Gasteiger partial charge in [0.2, 0.25) is 0 Å². The predicted octanol–water partition coefficient (Wildman–Crippen LogP) is 3.54. The minimum absolute atomic E-state index is 0.0660. The molecule has 1 N–H and O–H groups in total. The van der Waals surface area contributed by atoms with Gasteiger partial charge in [-0.15, -0.1) is 0 Å². The number of carbonyl (C=O) groups excluding carboxylic acids is 1. The molecule has 0 aliphatic carbocycles. The van der Waals surface area contributed by atoms with Crippen LogP contribution in [0.2, 0.25) is 0 Å². The Morgan fingerprint density at radius 2 is 2.00 bits per heavy atom. The fraction of sp³-hybridized carbons (Fsp3) is 0.105. The second kappa shape index (κ2) is 5.96. The molecule has 0 saturated carbocycles. The molecule has 0 saturated heterocycles. The van der Waals surface area contributed by atoms with Gasteiger partial charge in [0, 0.05) is 47.4 Å². The topological polar surface area (TPSA) is 80.7 Å². The second-order valence-electron chi connectivity index (χ2n) is 6.17. The Labute approximate surface area is 153 Å². The quantitative estimate of drug-likeness (QED) is 0.564. The number of aromatic nitrogens is 4. The van der Waals surface area contributed by atoms with Gasteiger partial charge in [-0.1, -0.05) is 6.07 Å². The maximum Gasteiger partial charge on any atom is 0.172 e. The highest BCUT2D eigenvalue weighted by Crippen LogP contribution is 2.35. The number of hydrogen-bond donors (Lipinski definition) is 1. The first-order chi connectivity index (χ1) is 12.8. The van der Waals surface area contributed by atoms with Crippen molar-refractivity contribution in [3.05, 3.63) is 66.1 Å². The van der Waals surface area contributed by atoms with Crippen molar-refractivity contribution >= 4 is 34.4 Å². The number of rotatable bonds is 3. The lowest BCUT2D eigenvalue weighted by molar-refractivity contribution is 0.0966. The van der Waals surface area contributed by atoms with E-state index in [0.717, 1.165) is 45.3 Å². The van der Waals surface area contributed by atoms with Crippen molar-refractivity contribution in [3.63, 3.8) is 0 Å². The number of benzene rings is 1. The highest BCUT2D eigenvalue weighted by atomic mass is 32.1. The molecule has 4 heterocycles. The minimum atomic E-state index is -0.266. The Kier molecular flexibility index (Phi) is 3.46. The van der Waals surface area contributed by atoms with Crippen LogP contribution < -0.4 is 5.32 Å². The summed E-state index contributed by atoms with van der Waals surface area (Å²) in [6.45, 7) is 0.547. The average Bonchev–Trinajstić information content (AvgIpc) is 3.33. The first-order valence-electron chi connectivity index (χ1n) is 8.20. The molecular weight excluding hydrogens is 346 g/mol. The highest BCUT2D eigenvalue weighted by Gasteiger charge is 2.30. The van der Waals surface area contributed by atoms with Crippen LogP contribution in [0.1, 0.15) is 21.8 Å². The van der Waals surface area contributed by atoms with E-state index in [0.29, 0.717) is 12.1 Å². The molecule has 0 radical (unpaired) electrons. The zero-order valence-corrected chi connectivity index (χ0v) is 14.4. The molecule has 0 amide bonds. The molecule has 1 aliphatic heterocycles. The second-order valence-corrected chi connectivity index (χ2v) is 6.70. The minimum Gasteiger partial charge on any atom is -0.369 e. The number of anilines is 1. The molecule has 0 fully saturated rings. The Morgan fingerprint density at radius 3 is 2.88 bits per heavy atom. The van der Waals surface area contributed by atoms with Crippen LogP contribution in [-0.2, 0) is 0 Å². The number of carbonyl (C=O) groups is 1. The van der Waals surface area contributed by atoms with Crippen LogP contribution in [0.25, 0.3) is 22.2 Å². The Hall–Kier alpha value is -3.19. The van der Waals surface area contributed by atoms with Crippen molar-refractivity contribution in [1.29, 1.82) is 0 Å².